The van der Waals surface area contributed by atoms with Crippen molar-refractivity contribution in [2.24, 2.45) is 5.92 Å². The van der Waals surface area contributed by atoms with Gasteiger partial charge in [0.05, 0.1) is 23.6 Å². The van der Waals surface area contributed by atoms with Gasteiger partial charge in [-0.15, -0.1) is 0 Å². The summed E-state index contributed by atoms with van der Waals surface area (Å²) in [5, 5.41) is 4.52. The van der Waals surface area contributed by atoms with Crippen LogP contribution in [0.25, 0.3) is 11.5 Å². The zero-order valence-corrected chi connectivity index (χ0v) is 19.3. The zero-order chi connectivity index (χ0) is 23.4. The highest BCUT2D eigenvalue weighted by Gasteiger charge is 2.35. The molecular weight excluding hydrogens is 444 g/mol. The fourth-order valence-electron chi connectivity index (χ4n) is 3.83. The highest BCUT2D eigenvalue weighted by molar-refractivity contribution is 6.33. The summed E-state index contributed by atoms with van der Waals surface area (Å²) in [7, 11) is 3.34. The van der Waals surface area contributed by atoms with Crippen LogP contribution >= 0.6 is 11.6 Å². The number of likely N-dealkylation sites (tertiary alicyclic amines) is 1. The van der Waals surface area contributed by atoms with Crippen LogP contribution in [0.5, 0.6) is 5.75 Å². The SMILES string of the molecule is COc1ccc(CN2C[C@H](C(=O)N(C)CCc3noc(-c4ccccc4Cl)n3)CC2=O)cc1. The standard InChI is InChI=1S/C24H25ClN4O4/c1-28(12-11-21-26-23(33-27-21)19-5-3-4-6-20(19)25)24(31)17-13-22(30)29(15-17)14-16-7-9-18(32-2)10-8-16/h3-10,17H,11-15H2,1-2H3/t17-/m1/s1. The van der Waals surface area contributed by atoms with Crippen LogP contribution in [-0.2, 0) is 22.6 Å². The molecule has 3 aromatic rings. The summed E-state index contributed by atoms with van der Waals surface area (Å²) >= 11 is 6.18. The number of hydrogen-bond acceptors (Lipinski definition) is 6. The lowest BCUT2D eigenvalue weighted by atomic mass is 10.1. The van der Waals surface area contributed by atoms with Crippen LogP contribution in [0.15, 0.2) is 53.1 Å². The Morgan fingerprint density at radius 1 is 1.24 bits per heavy atom. The molecule has 1 atom stereocenters. The van der Waals surface area contributed by atoms with E-state index in [0.29, 0.717) is 48.4 Å². The van der Waals surface area contributed by atoms with Crippen molar-refractivity contribution in [1.82, 2.24) is 19.9 Å². The molecule has 33 heavy (non-hydrogen) atoms. The Labute approximate surface area is 197 Å². The van der Waals surface area contributed by atoms with E-state index in [1.165, 1.54) is 0 Å². The Bertz CT molecular complexity index is 1130. The molecule has 0 saturated carbocycles. The molecule has 0 N–H and O–H groups in total. The number of ether oxygens (including phenoxy) is 1. The number of aromatic nitrogens is 2. The van der Waals surface area contributed by atoms with E-state index in [0.717, 1.165) is 11.3 Å². The molecule has 1 fully saturated rings. The molecule has 0 radical (unpaired) electrons. The van der Waals surface area contributed by atoms with Crippen LogP contribution in [0, 0.1) is 5.92 Å². The van der Waals surface area contributed by atoms with Gasteiger partial charge in [-0.1, -0.05) is 41.0 Å². The number of carbonyl (C=O) groups excluding carboxylic acids is 2. The molecule has 172 valence electrons. The van der Waals surface area contributed by atoms with E-state index in [9.17, 15) is 9.59 Å². The number of hydrogen-bond donors (Lipinski definition) is 0. The maximum atomic E-state index is 12.9. The number of likely N-dealkylation sites (N-methyl/N-ethyl adjacent to an activating group) is 1. The van der Waals surface area contributed by atoms with E-state index in [4.69, 9.17) is 20.9 Å². The van der Waals surface area contributed by atoms with Gasteiger partial charge in [-0.3, -0.25) is 9.59 Å². The minimum atomic E-state index is -0.357. The Morgan fingerprint density at radius 3 is 2.73 bits per heavy atom. The minimum absolute atomic E-state index is 0.0138. The maximum Gasteiger partial charge on any atom is 0.259 e. The fourth-order valence-corrected chi connectivity index (χ4v) is 4.05. The first-order valence-electron chi connectivity index (χ1n) is 10.7. The first-order chi connectivity index (χ1) is 15.9. The average Bonchev–Trinajstić information content (AvgIpc) is 3.44. The second kappa shape index (κ2) is 10.0. The summed E-state index contributed by atoms with van der Waals surface area (Å²) in [5.41, 5.74) is 1.67. The Balaban J connectivity index is 1.30. The molecule has 1 aromatic heterocycles. The number of benzene rings is 2. The van der Waals surface area contributed by atoms with Crippen LogP contribution in [-0.4, -0.2) is 59.0 Å². The molecule has 0 unspecified atom stereocenters. The molecular formula is C24H25ClN4O4. The van der Waals surface area contributed by atoms with Crippen LogP contribution in [0.2, 0.25) is 5.02 Å². The van der Waals surface area contributed by atoms with Crippen molar-refractivity contribution in [2.45, 2.75) is 19.4 Å². The van der Waals surface area contributed by atoms with Crippen LogP contribution < -0.4 is 4.74 Å². The lowest BCUT2D eigenvalue weighted by Gasteiger charge is -2.21. The maximum absolute atomic E-state index is 12.9. The normalized spacial score (nSPS) is 15.7. The van der Waals surface area contributed by atoms with E-state index in [-0.39, 0.29) is 24.2 Å². The van der Waals surface area contributed by atoms with Crippen LogP contribution in [0.4, 0.5) is 0 Å². The molecule has 9 heteroatoms. The van der Waals surface area contributed by atoms with Crippen molar-refractivity contribution in [1.29, 1.82) is 0 Å². The van der Waals surface area contributed by atoms with Crippen molar-refractivity contribution in [3.63, 3.8) is 0 Å². The number of methoxy groups -OCH3 is 1. The van der Waals surface area contributed by atoms with Crippen LogP contribution in [0.3, 0.4) is 0 Å². The molecule has 1 aliphatic heterocycles. The molecule has 0 spiro atoms. The zero-order valence-electron chi connectivity index (χ0n) is 18.5. The van der Waals surface area contributed by atoms with E-state index in [1.807, 2.05) is 42.5 Å². The van der Waals surface area contributed by atoms with E-state index in [1.54, 1.807) is 30.0 Å². The van der Waals surface area contributed by atoms with Crippen molar-refractivity contribution < 1.29 is 18.8 Å². The van der Waals surface area contributed by atoms with Crippen LogP contribution in [0.1, 0.15) is 17.8 Å². The van der Waals surface area contributed by atoms with Crippen molar-refractivity contribution in [3.05, 3.63) is 64.9 Å². The molecule has 1 saturated heterocycles. The Morgan fingerprint density at radius 2 is 2.00 bits per heavy atom. The molecule has 1 aliphatic rings. The van der Waals surface area contributed by atoms with E-state index < -0.39 is 0 Å². The molecule has 0 aliphatic carbocycles. The smallest absolute Gasteiger partial charge is 0.259 e. The third-order valence-corrected chi connectivity index (χ3v) is 6.05. The van der Waals surface area contributed by atoms with E-state index >= 15 is 0 Å². The van der Waals surface area contributed by atoms with Gasteiger partial charge in [0.2, 0.25) is 11.8 Å². The number of halogens is 1. The number of amides is 2. The molecule has 0 bridgehead atoms. The summed E-state index contributed by atoms with van der Waals surface area (Å²) in [6.07, 6.45) is 0.657. The monoisotopic (exact) mass is 468 g/mol. The first-order valence-corrected chi connectivity index (χ1v) is 11.1. The molecule has 2 amide bonds. The largest absolute Gasteiger partial charge is 0.497 e. The summed E-state index contributed by atoms with van der Waals surface area (Å²) in [4.78, 5) is 33.1. The highest BCUT2D eigenvalue weighted by Crippen LogP contribution is 2.26. The Kier molecular flexibility index (Phi) is 6.93. The minimum Gasteiger partial charge on any atom is -0.497 e. The quantitative estimate of drug-likeness (QED) is 0.503. The predicted molar refractivity (Wildman–Crippen MR) is 123 cm³/mol. The summed E-state index contributed by atoms with van der Waals surface area (Å²) in [6, 6.07) is 14.8. The van der Waals surface area contributed by atoms with Gasteiger partial charge in [0.15, 0.2) is 5.82 Å². The molecule has 4 rings (SSSR count). The average molecular weight is 469 g/mol. The first kappa shape index (κ1) is 22.8. The van der Waals surface area contributed by atoms with Gasteiger partial charge in [0, 0.05) is 39.5 Å². The second-order valence-corrected chi connectivity index (χ2v) is 8.44. The number of nitrogens with zero attached hydrogens (tertiary/aromatic N) is 4. The van der Waals surface area contributed by atoms with Gasteiger partial charge in [-0.2, -0.15) is 4.98 Å². The summed E-state index contributed by atoms with van der Waals surface area (Å²) in [6.45, 7) is 1.31. The molecule has 2 heterocycles. The fraction of sp³-hybridized carbons (Fsp3) is 0.333. The van der Waals surface area contributed by atoms with Crippen molar-refractivity contribution in [2.75, 3.05) is 27.2 Å². The molecule has 8 nitrogen and oxygen atoms in total. The topological polar surface area (TPSA) is 88.8 Å². The van der Waals surface area contributed by atoms with Crippen molar-refractivity contribution in [3.8, 4) is 17.2 Å². The predicted octanol–water partition coefficient (Wildman–Crippen LogP) is 3.45. The number of carbonyl (C=O) groups is 2. The van der Waals surface area contributed by atoms with Gasteiger partial charge in [0.1, 0.15) is 5.75 Å². The van der Waals surface area contributed by atoms with E-state index in [2.05, 4.69) is 10.1 Å². The lowest BCUT2D eigenvalue weighted by Crippen LogP contribution is -2.36. The van der Waals surface area contributed by atoms with Gasteiger partial charge >= 0.3 is 0 Å². The third-order valence-electron chi connectivity index (χ3n) is 5.72. The lowest BCUT2D eigenvalue weighted by molar-refractivity contribution is -0.134. The van der Waals surface area contributed by atoms with Gasteiger partial charge in [-0.25, -0.2) is 0 Å². The summed E-state index contributed by atoms with van der Waals surface area (Å²) < 4.78 is 10.5. The van der Waals surface area contributed by atoms with Gasteiger partial charge in [-0.05, 0) is 29.8 Å². The highest BCUT2D eigenvalue weighted by atomic mass is 35.5. The van der Waals surface area contributed by atoms with Gasteiger partial charge in [0.25, 0.3) is 5.89 Å². The second-order valence-electron chi connectivity index (χ2n) is 8.03. The number of rotatable bonds is 8. The van der Waals surface area contributed by atoms with Gasteiger partial charge < -0.3 is 19.1 Å². The van der Waals surface area contributed by atoms with Crippen molar-refractivity contribution >= 4 is 23.4 Å². The summed E-state index contributed by atoms with van der Waals surface area (Å²) in [5.74, 6) is 1.18. The molecule has 2 aromatic carbocycles. The Hall–Kier alpha value is -3.39. The third kappa shape index (κ3) is 5.34.